The van der Waals surface area contributed by atoms with Gasteiger partial charge in [-0.2, -0.15) is 4.98 Å². The molecule has 0 saturated heterocycles. The molecule has 1 aromatic rings. The van der Waals surface area contributed by atoms with Crippen molar-refractivity contribution < 1.29 is 14.3 Å². The molecule has 0 bridgehead atoms. The van der Waals surface area contributed by atoms with Gasteiger partial charge in [-0.05, 0) is 0 Å². The Kier molecular flexibility index (Phi) is 2.88. The zero-order valence-electron chi connectivity index (χ0n) is 6.46. The SMILES string of the molecule is COC(=O)c1nc(OC)sc1Cl. The monoisotopic (exact) mass is 207 g/mol. The maximum absolute atomic E-state index is 10.9. The molecule has 0 fully saturated rings. The van der Waals surface area contributed by atoms with Crippen molar-refractivity contribution in [1.29, 1.82) is 0 Å². The number of halogens is 1. The molecule has 0 amide bonds. The minimum absolute atomic E-state index is 0.0982. The minimum atomic E-state index is -0.556. The fraction of sp³-hybridized carbons (Fsp3) is 0.333. The van der Waals surface area contributed by atoms with Crippen LogP contribution in [0.1, 0.15) is 10.5 Å². The summed E-state index contributed by atoms with van der Waals surface area (Å²) in [5.74, 6) is -0.556. The summed E-state index contributed by atoms with van der Waals surface area (Å²) >= 11 is 6.76. The standard InChI is InChI=1S/C6H6ClNO3S/c1-10-5(9)3-4(7)12-6(8-3)11-2/h1-2H3. The smallest absolute Gasteiger partial charge is 0.359 e. The van der Waals surface area contributed by atoms with E-state index in [0.717, 1.165) is 11.3 Å². The molecular weight excluding hydrogens is 202 g/mol. The lowest BCUT2D eigenvalue weighted by atomic mass is 10.5. The molecule has 0 radical (unpaired) electrons. The van der Waals surface area contributed by atoms with Crippen LogP contribution < -0.4 is 4.74 Å². The molecule has 0 aliphatic heterocycles. The first kappa shape index (κ1) is 9.28. The van der Waals surface area contributed by atoms with Crippen molar-refractivity contribution in [2.45, 2.75) is 0 Å². The number of methoxy groups -OCH3 is 2. The predicted octanol–water partition coefficient (Wildman–Crippen LogP) is 1.59. The van der Waals surface area contributed by atoms with E-state index >= 15 is 0 Å². The highest BCUT2D eigenvalue weighted by Crippen LogP contribution is 2.29. The highest BCUT2D eigenvalue weighted by atomic mass is 35.5. The van der Waals surface area contributed by atoms with Crippen molar-refractivity contribution in [2.75, 3.05) is 14.2 Å². The van der Waals surface area contributed by atoms with Gasteiger partial charge in [-0.15, -0.1) is 0 Å². The normalized spacial score (nSPS) is 9.58. The number of ether oxygens (including phenoxy) is 2. The van der Waals surface area contributed by atoms with Crippen molar-refractivity contribution in [1.82, 2.24) is 4.98 Å². The molecular formula is C6H6ClNO3S. The largest absolute Gasteiger partial charge is 0.473 e. The Balaban J connectivity index is 2.99. The van der Waals surface area contributed by atoms with Crippen LogP contribution in [0, 0.1) is 0 Å². The molecule has 1 rings (SSSR count). The highest BCUT2D eigenvalue weighted by Gasteiger charge is 2.17. The average Bonchev–Trinajstić information content (AvgIpc) is 2.45. The molecule has 0 N–H and O–H groups in total. The maximum Gasteiger partial charge on any atom is 0.359 e. The summed E-state index contributed by atoms with van der Waals surface area (Å²) in [6.07, 6.45) is 0. The van der Waals surface area contributed by atoms with Crippen molar-refractivity contribution in [3.63, 3.8) is 0 Å². The van der Waals surface area contributed by atoms with Crippen LogP contribution in [0.25, 0.3) is 0 Å². The summed E-state index contributed by atoms with van der Waals surface area (Å²) in [7, 11) is 2.72. The lowest BCUT2D eigenvalue weighted by Crippen LogP contribution is -2.01. The van der Waals surface area contributed by atoms with Crippen LogP contribution >= 0.6 is 22.9 Å². The third-order valence-electron chi connectivity index (χ3n) is 1.12. The maximum atomic E-state index is 10.9. The molecule has 0 aromatic carbocycles. The van der Waals surface area contributed by atoms with Gasteiger partial charge in [-0.25, -0.2) is 4.79 Å². The zero-order chi connectivity index (χ0) is 9.14. The number of hydrogen-bond donors (Lipinski definition) is 0. The second-order valence-corrected chi connectivity index (χ2v) is 3.36. The van der Waals surface area contributed by atoms with Crippen LogP contribution in [-0.4, -0.2) is 25.2 Å². The van der Waals surface area contributed by atoms with Crippen molar-refractivity contribution in [2.24, 2.45) is 0 Å². The Bertz CT molecular complexity index is 299. The van der Waals surface area contributed by atoms with Crippen LogP contribution in [0.2, 0.25) is 4.34 Å². The number of rotatable bonds is 2. The topological polar surface area (TPSA) is 48.4 Å². The number of aromatic nitrogens is 1. The number of nitrogens with zero attached hydrogens (tertiary/aromatic N) is 1. The lowest BCUT2D eigenvalue weighted by Gasteiger charge is -1.92. The van der Waals surface area contributed by atoms with Crippen LogP contribution in [0.4, 0.5) is 0 Å². The Hall–Kier alpha value is -0.810. The van der Waals surface area contributed by atoms with E-state index in [2.05, 4.69) is 9.72 Å². The molecule has 12 heavy (non-hydrogen) atoms. The van der Waals surface area contributed by atoms with Gasteiger partial charge in [-0.3, -0.25) is 0 Å². The van der Waals surface area contributed by atoms with Gasteiger partial charge in [0.2, 0.25) is 0 Å². The van der Waals surface area contributed by atoms with Gasteiger partial charge < -0.3 is 9.47 Å². The molecule has 0 aliphatic carbocycles. The van der Waals surface area contributed by atoms with E-state index < -0.39 is 5.97 Å². The Labute approximate surface area is 78.1 Å². The van der Waals surface area contributed by atoms with Gasteiger partial charge in [-0.1, -0.05) is 22.9 Å². The molecule has 0 atom stereocenters. The second-order valence-electron chi connectivity index (χ2n) is 1.80. The Morgan fingerprint density at radius 2 is 2.25 bits per heavy atom. The van der Waals surface area contributed by atoms with E-state index in [0.29, 0.717) is 5.19 Å². The third-order valence-corrected chi connectivity index (χ3v) is 2.34. The van der Waals surface area contributed by atoms with Crippen molar-refractivity contribution in [3.8, 4) is 5.19 Å². The van der Waals surface area contributed by atoms with Crippen LogP contribution in [0.3, 0.4) is 0 Å². The van der Waals surface area contributed by atoms with Crippen LogP contribution in [0.15, 0.2) is 0 Å². The number of thiazole rings is 1. The number of hydrogen-bond acceptors (Lipinski definition) is 5. The summed E-state index contributed by atoms with van der Waals surface area (Å²) in [6.45, 7) is 0. The molecule has 6 heteroatoms. The second kappa shape index (κ2) is 3.73. The molecule has 1 aromatic heterocycles. The highest BCUT2D eigenvalue weighted by molar-refractivity contribution is 7.17. The third kappa shape index (κ3) is 1.67. The van der Waals surface area contributed by atoms with Gasteiger partial charge in [0.15, 0.2) is 5.69 Å². The fourth-order valence-electron chi connectivity index (χ4n) is 0.593. The molecule has 4 nitrogen and oxygen atoms in total. The van der Waals surface area contributed by atoms with E-state index in [1.54, 1.807) is 0 Å². The van der Waals surface area contributed by atoms with Crippen LogP contribution in [-0.2, 0) is 4.74 Å². The van der Waals surface area contributed by atoms with E-state index in [9.17, 15) is 4.79 Å². The fourth-order valence-corrected chi connectivity index (χ4v) is 1.51. The lowest BCUT2D eigenvalue weighted by molar-refractivity contribution is 0.0594. The first-order valence-electron chi connectivity index (χ1n) is 2.97. The Morgan fingerprint density at radius 1 is 1.58 bits per heavy atom. The summed E-state index contributed by atoms with van der Waals surface area (Å²) < 4.78 is 9.50. The summed E-state index contributed by atoms with van der Waals surface area (Å²) in [6, 6.07) is 0. The number of carbonyl (C=O) groups excluding carboxylic acids is 1. The minimum Gasteiger partial charge on any atom is -0.473 e. The predicted molar refractivity (Wildman–Crippen MR) is 45.0 cm³/mol. The number of carbonyl (C=O) groups is 1. The van der Waals surface area contributed by atoms with Crippen molar-refractivity contribution >= 4 is 28.9 Å². The molecule has 0 unspecified atom stereocenters. The van der Waals surface area contributed by atoms with E-state index in [-0.39, 0.29) is 10.0 Å². The molecule has 1 heterocycles. The van der Waals surface area contributed by atoms with Crippen LogP contribution in [0.5, 0.6) is 5.19 Å². The van der Waals surface area contributed by atoms with Gasteiger partial charge in [0.05, 0.1) is 14.2 Å². The number of esters is 1. The van der Waals surface area contributed by atoms with Gasteiger partial charge in [0.1, 0.15) is 4.34 Å². The van der Waals surface area contributed by atoms with Gasteiger partial charge in [0, 0.05) is 0 Å². The summed E-state index contributed by atoms with van der Waals surface area (Å²) in [5.41, 5.74) is 0.0982. The molecule has 0 aliphatic rings. The summed E-state index contributed by atoms with van der Waals surface area (Å²) in [4.78, 5) is 14.7. The molecule has 66 valence electrons. The molecule has 0 saturated carbocycles. The van der Waals surface area contributed by atoms with E-state index in [1.165, 1.54) is 14.2 Å². The zero-order valence-corrected chi connectivity index (χ0v) is 8.03. The van der Waals surface area contributed by atoms with E-state index in [1.807, 2.05) is 0 Å². The first-order chi connectivity index (χ1) is 5.69. The van der Waals surface area contributed by atoms with Crippen molar-refractivity contribution in [3.05, 3.63) is 10.0 Å². The molecule has 0 spiro atoms. The average molecular weight is 208 g/mol. The Morgan fingerprint density at radius 3 is 2.67 bits per heavy atom. The quantitative estimate of drug-likeness (QED) is 0.691. The van der Waals surface area contributed by atoms with Gasteiger partial charge in [0.25, 0.3) is 5.19 Å². The van der Waals surface area contributed by atoms with E-state index in [4.69, 9.17) is 16.3 Å². The summed E-state index contributed by atoms with van der Waals surface area (Å²) in [5, 5.41) is 0.348. The first-order valence-corrected chi connectivity index (χ1v) is 4.17. The van der Waals surface area contributed by atoms with Gasteiger partial charge >= 0.3 is 5.97 Å².